The highest BCUT2D eigenvalue weighted by Crippen LogP contribution is 2.37. The van der Waals surface area contributed by atoms with Gasteiger partial charge in [0.1, 0.15) is 0 Å². The molecule has 1 aromatic carbocycles. The maximum absolute atomic E-state index is 12.8. The number of nitrogens with one attached hydrogen (secondary N) is 1. The first-order valence-corrected chi connectivity index (χ1v) is 8.94. The molecule has 0 spiro atoms. The summed E-state index contributed by atoms with van der Waals surface area (Å²) in [4.78, 5) is 29.6. The van der Waals surface area contributed by atoms with Crippen LogP contribution in [0.5, 0.6) is 0 Å². The number of methoxy groups -OCH3 is 1. The Morgan fingerprint density at radius 2 is 2.21 bits per heavy atom. The third kappa shape index (κ3) is 3.62. The van der Waals surface area contributed by atoms with E-state index in [1.165, 1.54) is 11.8 Å². The maximum Gasteiger partial charge on any atom is 0.262 e. The number of hydrogen-bond acceptors (Lipinski definition) is 5. The minimum Gasteiger partial charge on any atom is -0.383 e. The summed E-state index contributed by atoms with van der Waals surface area (Å²) in [5.74, 6) is -0.0817. The molecule has 1 amide bonds. The Bertz CT molecular complexity index is 801. The van der Waals surface area contributed by atoms with Gasteiger partial charge >= 0.3 is 0 Å². The molecule has 0 aliphatic heterocycles. The van der Waals surface area contributed by atoms with E-state index in [2.05, 4.69) is 10.3 Å². The molecule has 7 heteroatoms. The van der Waals surface area contributed by atoms with Crippen LogP contribution >= 0.6 is 11.8 Å². The highest BCUT2D eigenvalue weighted by atomic mass is 32.2. The Hall–Kier alpha value is -1.86. The lowest BCUT2D eigenvalue weighted by Gasteiger charge is -2.16. The summed E-state index contributed by atoms with van der Waals surface area (Å²) in [5.41, 5.74) is 0.659. The van der Waals surface area contributed by atoms with Gasteiger partial charge in [0.15, 0.2) is 5.16 Å². The number of fused-ring (bicyclic) bond motifs is 1. The van der Waals surface area contributed by atoms with Crippen molar-refractivity contribution in [3.8, 4) is 0 Å². The number of aromatic nitrogens is 2. The van der Waals surface area contributed by atoms with E-state index < -0.39 is 0 Å². The molecule has 1 aliphatic carbocycles. The van der Waals surface area contributed by atoms with Crippen LogP contribution in [0.2, 0.25) is 0 Å². The molecular weight excluding hydrogens is 326 g/mol. The van der Waals surface area contributed by atoms with E-state index >= 15 is 0 Å². The summed E-state index contributed by atoms with van der Waals surface area (Å²) in [6.07, 6.45) is 1.98. The zero-order valence-corrected chi connectivity index (χ0v) is 14.6. The quantitative estimate of drug-likeness (QED) is 0.471. The van der Waals surface area contributed by atoms with Crippen molar-refractivity contribution in [3.05, 3.63) is 34.6 Å². The van der Waals surface area contributed by atoms with Crippen molar-refractivity contribution in [1.82, 2.24) is 14.9 Å². The molecular formula is C17H21N3O3S. The van der Waals surface area contributed by atoms with Crippen molar-refractivity contribution in [2.75, 3.05) is 20.3 Å². The predicted molar refractivity (Wildman–Crippen MR) is 94.5 cm³/mol. The average molecular weight is 347 g/mol. The maximum atomic E-state index is 12.8. The van der Waals surface area contributed by atoms with Crippen molar-refractivity contribution in [2.24, 2.45) is 0 Å². The molecule has 2 aromatic rings. The number of rotatable bonds is 7. The lowest BCUT2D eigenvalue weighted by atomic mass is 10.2. The van der Waals surface area contributed by atoms with E-state index in [-0.39, 0.29) is 22.8 Å². The molecule has 24 heavy (non-hydrogen) atoms. The number of amides is 1. The molecule has 0 saturated heterocycles. The number of carbonyl (C=O) groups is 1. The average Bonchev–Trinajstić information content (AvgIpc) is 3.40. The molecule has 1 heterocycles. The highest BCUT2D eigenvalue weighted by molar-refractivity contribution is 8.00. The minimum atomic E-state index is -0.333. The number of nitrogens with zero attached hydrogens (tertiary/aromatic N) is 2. The van der Waals surface area contributed by atoms with Crippen LogP contribution in [0.15, 0.2) is 34.2 Å². The highest BCUT2D eigenvalue weighted by Gasteiger charge is 2.29. The van der Waals surface area contributed by atoms with Crippen LogP contribution in [0.1, 0.15) is 25.8 Å². The van der Waals surface area contributed by atoms with Gasteiger partial charge in [-0.15, -0.1) is 0 Å². The van der Waals surface area contributed by atoms with Crippen molar-refractivity contribution < 1.29 is 9.53 Å². The second-order valence-electron chi connectivity index (χ2n) is 5.86. The van der Waals surface area contributed by atoms with Crippen molar-refractivity contribution >= 4 is 28.6 Å². The molecule has 1 aromatic heterocycles. The monoisotopic (exact) mass is 347 g/mol. The fourth-order valence-electron chi connectivity index (χ4n) is 2.50. The molecule has 1 atom stereocenters. The van der Waals surface area contributed by atoms with E-state index in [1.807, 2.05) is 25.1 Å². The second kappa shape index (κ2) is 7.36. The lowest BCUT2D eigenvalue weighted by Crippen LogP contribution is -2.34. The fourth-order valence-corrected chi connectivity index (χ4v) is 3.50. The van der Waals surface area contributed by atoms with Gasteiger partial charge in [-0.2, -0.15) is 0 Å². The molecule has 6 nitrogen and oxygen atoms in total. The molecule has 1 N–H and O–H groups in total. The van der Waals surface area contributed by atoms with Gasteiger partial charge in [-0.05, 0) is 31.9 Å². The van der Waals surface area contributed by atoms with Crippen LogP contribution in [0.25, 0.3) is 10.9 Å². The summed E-state index contributed by atoms with van der Waals surface area (Å²) >= 11 is 1.33. The second-order valence-corrected chi connectivity index (χ2v) is 7.17. The normalized spacial score (nSPS) is 15.4. The van der Waals surface area contributed by atoms with Crippen molar-refractivity contribution in [2.45, 2.75) is 36.2 Å². The molecule has 1 saturated carbocycles. The third-order valence-corrected chi connectivity index (χ3v) is 5.01. The van der Waals surface area contributed by atoms with Gasteiger partial charge in [0.2, 0.25) is 5.91 Å². The summed E-state index contributed by atoms with van der Waals surface area (Å²) in [7, 11) is 1.59. The van der Waals surface area contributed by atoms with Gasteiger partial charge in [-0.1, -0.05) is 23.9 Å². The summed E-state index contributed by atoms with van der Waals surface area (Å²) in [5, 5.41) is 3.74. The Kier molecular flexibility index (Phi) is 5.20. The molecule has 128 valence electrons. The first kappa shape index (κ1) is 17.0. The van der Waals surface area contributed by atoms with E-state index in [9.17, 15) is 9.59 Å². The molecule has 0 bridgehead atoms. The zero-order valence-electron chi connectivity index (χ0n) is 13.8. The SMILES string of the molecule is COCCNC(=O)[C@@H](C)Sc1nc2ccccc2c(=O)n1C1CC1. The van der Waals surface area contributed by atoms with Crippen molar-refractivity contribution in [1.29, 1.82) is 0 Å². The van der Waals surface area contributed by atoms with Gasteiger partial charge in [-0.3, -0.25) is 14.2 Å². The fraction of sp³-hybridized carbons (Fsp3) is 0.471. The van der Waals surface area contributed by atoms with E-state index in [1.54, 1.807) is 17.7 Å². The lowest BCUT2D eigenvalue weighted by molar-refractivity contribution is -0.120. The van der Waals surface area contributed by atoms with Gasteiger partial charge in [-0.25, -0.2) is 4.98 Å². The summed E-state index contributed by atoms with van der Waals surface area (Å²) in [6, 6.07) is 7.56. The predicted octanol–water partition coefficient (Wildman–Crippen LogP) is 1.97. The Labute approximate surface area is 144 Å². The van der Waals surface area contributed by atoms with E-state index in [0.29, 0.717) is 29.2 Å². The van der Waals surface area contributed by atoms with E-state index in [0.717, 1.165) is 12.8 Å². The molecule has 3 rings (SSSR count). The van der Waals surface area contributed by atoms with Gasteiger partial charge in [0.05, 0.1) is 22.8 Å². The smallest absolute Gasteiger partial charge is 0.262 e. The molecule has 1 aliphatic rings. The van der Waals surface area contributed by atoms with E-state index in [4.69, 9.17) is 4.74 Å². The van der Waals surface area contributed by atoms with Crippen LogP contribution in [0.4, 0.5) is 0 Å². The molecule has 0 radical (unpaired) electrons. The number of carbonyl (C=O) groups excluding carboxylic acids is 1. The van der Waals surface area contributed by atoms with Crippen LogP contribution in [0.3, 0.4) is 0 Å². The standard InChI is InChI=1S/C17H21N3O3S/c1-11(15(21)18-9-10-23-2)24-17-19-14-6-4-3-5-13(14)16(22)20(17)12-7-8-12/h3-6,11-12H,7-10H2,1-2H3,(H,18,21)/t11-/m1/s1. The largest absolute Gasteiger partial charge is 0.383 e. The topological polar surface area (TPSA) is 73.2 Å². The van der Waals surface area contributed by atoms with Crippen LogP contribution < -0.4 is 10.9 Å². The zero-order chi connectivity index (χ0) is 17.1. The Morgan fingerprint density at radius 1 is 1.46 bits per heavy atom. The first-order valence-electron chi connectivity index (χ1n) is 8.06. The van der Waals surface area contributed by atoms with Crippen molar-refractivity contribution in [3.63, 3.8) is 0 Å². The number of para-hydroxylation sites is 1. The van der Waals surface area contributed by atoms with Gasteiger partial charge < -0.3 is 10.1 Å². The van der Waals surface area contributed by atoms with Crippen LogP contribution in [0, 0.1) is 0 Å². The summed E-state index contributed by atoms with van der Waals surface area (Å²) in [6.45, 7) is 2.77. The first-order chi connectivity index (χ1) is 11.6. The summed E-state index contributed by atoms with van der Waals surface area (Å²) < 4.78 is 6.69. The van der Waals surface area contributed by atoms with Gasteiger partial charge in [0.25, 0.3) is 5.56 Å². The number of ether oxygens (including phenoxy) is 1. The van der Waals surface area contributed by atoms with Crippen LogP contribution in [-0.4, -0.2) is 41.0 Å². The number of benzene rings is 1. The minimum absolute atomic E-state index is 0.0161. The Morgan fingerprint density at radius 3 is 2.92 bits per heavy atom. The Balaban J connectivity index is 1.87. The molecule has 1 fully saturated rings. The number of thioether (sulfide) groups is 1. The van der Waals surface area contributed by atoms with Gasteiger partial charge in [0, 0.05) is 19.7 Å². The van der Waals surface area contributed by atoms with Crippen LogP contribution in [-0.2, 0) is 9.53 Å². The third-order valence-electron chi connectivity index (χ3n) is 3.94. The molecule has 0 unspecified atom stereocenters. The number of hydrogen-bond donors (Lipinski definition) is 1.